The van der Waals surface area contributed by atoms with Gasteiger partial charge in [0.05, 0.1) is 11.1 Å². The molecule has 3 aromatic rings. The van der Waals surface area contributed by atoms with Gasteiger partial charge in [-0.25, -0.2) is 4.98 Å². The van der Waals surface area contributed by atoms with Crippen LogP contribution in [0.3, 0.4) is 0 Å². The molecule has 0 bridgehead atoms. The number of hydrogen-bond acceptors (Lipinski definition) is 4. The van der Waals surface area contributed by atoms with Gasteiger partial charge in [0.15, 0.2) is 0 Å². The van der Waals surface area contributed by atoms with Crippen LogP contribution in [-0.4, -0.2) is 4.98 Å². The van der Waals surface area contributed by atoms with Gasteiger partial charge in [-0.15, -0.1) is 0 Å². The molecule has 0 atom stereocenters. The SMILES string of the molecule is N#Cc1ccccc1Oc1ccc2cc(N)ccc2n1. The van der Waals surface area contributed by atoms with Crippen molar-refractivity contribution in [1.29, 1.82) is 5.26 Å². The smallest absolute Gasteiger partial charge is 0.219 e. The van der Waals surface area contributed by atoms with Crippen molar-refractivity contribution >= 4 is 16.6 Å². The molecule has 4 heteroatoms. The summed E-state index contributed by atoms with van der Waals surface area (Å²) in [6.07, 6.45) is 0. The van der Waals surface area contributed by atoms with Crippen LogP contribution in [0.5, 0.6) is 11.6 Å². The van der Waals surface area contributed by atoms with E-state index in [9.17, 15) is 0 Å². The van der Waals surface area contributed by atoms with Gasteiger partial charge in [-0.2, -0.15) is 5.26 Å². The molecule has 96 valence electrons. The van der Waals surface area contributed by atoms with E-state index in [-0.39, 0.29) is 0 Å². The van der Waals surface area contributed by atoms with E-state index in [1.807, 2.05) is 24.3 Å². The third-order valence-corrected chi connectivity index (χ3v) is 2.91. The predicted octanol–water partition coefficient (Wildman–Crippen LogP) is 3.48. The summed E-state index contributed by atoms with van der Waals surface area (Å²) in [6.45, 7) is 0. The lowest BCUT2D eigenvalue weighted by atomic mass is 10.2. The van der Waals surface area contributed by atoms with E-state index in [2.05, 4.69) is 11.1 Å². The van der Waals surface area contributed by atoms with Crippen molar-refractivity contribution in [2.75, 3.05) is 5.73 Å². The highest BCUT2D eigenvalue weighted by molar-refractivity contribution is 5.82. The van der Waals surface area contributed by atoms with Crippen LogP contribution in [0, 0.1) is 11.3 Å². The average Bonchev–Trinajstić information content (AvgIpc) is 2.48. The molecule has 0 spiro atoms. The molecule has 0 radical (unpaired) electrons. The monoisotopic (exact) mass is 261 g/mol. The van der Waals surface area contributed by atoms with Crippen LogP contribution < -0.4 is 10.5 Å². The Labute approximate surface area is 116 Å². The van der Waals surface area contributed by atoms with Crippen LogP contribution >= 0.6 is 0 Å². The van der Waals surface area contributed by atoms with Gasteiger partial charge in [0.1, 0.15) is 11.8 Å². The number of pyridine rings is 1. The van der Waals surface area contributed by atoms with E-state index >= 15 is 0 Å². The molecule has 2 N–H and O–H groups in total. The quantitative estimate of drug-likeness (QED) is 0.717. The number of ether oxygens (including phenoxy) is 1. The number of benzene rings is 2. The Hall–Kier alpha value is -3.06. The molecule has 0 unspecified atom stereocenters. The lowest BCUT2D eigenvalue weighted by molar-refractivity contribution is 0.463. The van der Waals surface area contributed by atoms with Gasteiger partial charge >= 0.3 is 0 Å². The minimum atomic E-state index is 0.449. The van der Waals surface area contributed by atoms with Crippen LogP contribution in [-0.2, 0) is 0 Å². The summed E-state index contributed by atoms with van der Waals surface area (Å²) >= 11 is 0. The molecule has 0 fully saturated rings. The first kappa shape index (κ1) is 12.0. The van der Waals surface area contributed by atoms with Gasteiger partial charge in [0, 0.05) is 17.1 Å². The molecule has 2 aromatic carbocycles. The molecule has 0 aliphatic heterocycles. The Morgan fingerprint density at radius 3 is 2.75 bits per heavy atom. The van der Waals surface area contributed by atoms with Crippen LogP contribution in [0.2, 0.25) is 0 Å². The minimum absolute atomic E-state index is 0.449. The van der Waals surface area contributed by atoms with Gasteiger partial charge < -0.3 is 10.5 Å². The summed E-state index contributed by atoms with van der Waals surface area (Å²) in [6, 6.07) is 18.3. The second-order valence-electron chi connectivity index (χ2n) is 4.31. The van der Waals surface area contributed by atoms with E-state index in [0.717, 1.165) is 10.9 Å². The summed E-state index contributed by atoms with van der Waals surface area (Å²) in [4.78, 5) is 4.40. The van der Waals surface area contributed by atoms with Gasteiger partial charge in [0.2, 0.25) is 5.88 Å². The molecular weight excluding hydrogens is 250 g/mol. The number of nitrogen functional groups attached to an aromatic ring is 1. The molecule has 0 aliphatic rings. The highest BCUT2D eigenvalue weighted by Crippen LogP contribution is 2.25. The topological polar surface area (TPSA) is 71.9 Å². The zero-order valence-corrected chi connectivity index (χ0v) is 10.6. The highest BCUT2D eigenvalue weighted by Gasteiger charge is 2.05. The van der Waals surface area contributed by atoms with Crippen molar-refractivity contribution in [3.8, 4) is 17.7 Å². The van der Waals surface area contributed by atoms with Crippen LogP contribution in [0.4, 0.5) is 5.69 Å². The Morgan fingerprint density at radius 1 is 1.05 bits per heavy atom. The number of rotatable bonds is 2. The van der Waals surface area contributed by atoms with Crippen molar-refractivity contribution in [1.82, 2.24) is 4.98 Å². The van der Waals surface area contributed by atoms with Gasteiger partial charge in [-0.05, 0) is 36.4 Å². The number of anilines is 1. The van der Waals surface area contributed by atoms with E-state index in [4.69, 9.17) is 15.7 Å². The number of aromatic nitrogens is 1. The van der Waals surface area contributed by atoms with Crippen LogP contribution in [0.1, 0.15) is 5.56 Å². The standard InChI is InChI=1S/C16H11N3O/c17-10-12-3-1-2-4-15(12)20-16-8-5-11-9-13(18)6-7-14(11)19-16/h1-9H,18H2. The summed E-state index contributed by atoms with van der Waals surface area (Å²) in [5, 5.41) is 9.98. The molecule has 0 aliphatic carbocycles. The minimum Gasteiger partial charge on any atom is -0.438 e. The third-order valence-electron chi connectivity index (χ3n) is 2.91. The van der Waals surface area contributed by atoms with E-state index < -0.39 is 0 Å². The molecule has 1 aromatic heterocycles. The van der Waals surface area contributed by atoms with Crippen molar-refractivity contribution < 1.29 is 4.74 Å². The number of fused-ring (bicyclic) bond motifs is 1. The first-order chi connectivity index (χ1) is 9.76. The zero-order chi connectivity index (χ0) is 13.9. The number of para-hydroxylation sites is 1. The Morgan fingerprint density at radius 2 is 1.90 bits per heavy atom. The van der Waals surface area contributed by atoms with E-state index in [1.54, 1.807) is 30.3 Å². The number of hydrogen-bond donors (Lipinski definition) is 1. The highest BCUT2D eigenvalue weighted by atomic mass is 16.5. The number of nitrogens with zero attached hydrogens (tertiary/aromatic N) is 2. The second kappa shape index (κ2) is 4.90. The van der Waals surface area contributed by atoms with Crippen molar-refractivity contribution in [3.63, 3.8) is 0 Å². The Bertz CT molecular complexity index is 821. The first-order valence-corrected chi connectivity index (χ1v) is 6.09. The molecule has 1 heterocycles. The summed E-state index contributed by atoms with van der Waals surface area (Å²) < 4.78 is 5.67. The van der Waals surface area contributed by atoms with Gasteiger partial charge in [-0.3, -0.25) is 0 Å². The van der Waals surface area contributed by atoms with Crippen molar-refractivity contribution in [2.24, 2.45) is 0 Å². The zero-order valence-electron chi connectivity index (χ0n) is 10.6. The maximum atomic E-state index is 9.03. The van der Waals surface area contributed by atoms with Crippen LogP contribution in [0.25, 0.3) is 10.9 Å². The summed E-state index contributed by atoms with van der Waals surface area (Å²) in [5.74, 6) is 0.947. The van der Waals surface area contributed by atoms with E-state index in [0.29, 0.717) is 22.9 Å². The molecule has 3 rings (SSSR count). The summed E-state index contributed by atoms with van der Waals surface area (Å²) in [7, 11) is 0. The fraction of sp³-hybridized carbons (Fsp3) is 0. The number of nitrogens with two attached hydrogens (primary N) is 1. The largest absolute Gasteiger partial charge is 0.438 e. The first-order valence-electron chi connectivity index (χ1n) is 6.09. The molecule has 20 heavy (non-hydrogen) atoms. The molecule has 4 nitrogen and oxygen atoms in total. The van der Waals surface area contributed by atoms with E-state index in [1.165, 1.54) is 0 Å². The molecule has 0 saturated heterocycles. The van der Waals surface area contributed by atoms with Crippen LogP contribution in [0.15, 0.2) is 54.6 Å². The maximum absolute atomic E-state index is 9.03. The van der Waals surface area contributed by atoms with Gasteiger partial charge in [0.25, 0.3) is 0 Å². The fourth-order valence-corrected chi connectivity index (χ4v) is 1.94. The predicted molar refractivity (Wildman–Crippen MR) is 77.4 cm³/mol. The molecule has 0 amide bonds. The number of nitriles is 1. The molecular formula is C16H11N3O. The second-order valence-corrected chi connectivity index (χ2v) is 4.31. The van der Waals surface area contributed by atoms with Gasteiger partial charge in [-0.1, -0.05) is 12.1 Å². The maximum Gasteiger partial charge on any atom is 0.219 e. The van der Waals surface area contributed by atoms with Crippen molar-refractivity contribution in [3.05, 3.63) is 60.2 Å². The summed E-state index contributed by atoms with van der Waals surface area (Å²) in [5.41, 5.74) is 7.70. The lowest BCUT2D eigenvalue weighted by Gasteiger charge is -2.07. The third kappa shape index (κ3) is 2.25. The fourth-order valence-electron chi connectivity index (χ4n) is 1.94. The molecule has 0 saturated carbocycles. The Kier molecular flexibility index (Phi) is 2.94. The van der Waals surface area contributed by atoms with Crippen molar-refractivity contribution in [2.45, 2.75) is 0 Å². The normalized spacial score (nSPS) is 10.2. The lowest BCUT2D eigenvalue weighted by Crippen LogP contribution is -1.91. The Balaban J connectivity index is 1.99. The average molecular weight is 261 g/mol.